The number of amides is 1. The summed E-state index contributed by atoms with van der Waals surface area (Å²) in [6.45, 7) is 0. The first-order chi connectivity index (χ1) is 10.7. The number of carbonyl (C=O) groups is 1. The molecule has 1 heterocycles. The molecule has 0 aromatic heterocycles. The number of rotatable bonds is 2. The van der Waals surface area contributed by atoms with Crippen molar-refractivity contribution in [2.45, 2.75) is 12.8 Å². The molecule has 0 N–H and O–H groups in total. The van der Waals surface area contributed by atoms with Gasteiger partial charge in [0.15, 0.2) is 0 Å². The van der Waals surface area contributed by atoms with Crippen molar-refractivity contribution >= 4 is 40.6 Å². The number of halogens is 1. The summed E-state index contributed by atoms with van der Waals surface area (Å²) in [5.41, 5.74) is 3.93. The zero-order chi connectivity index (χ0) is 15.5. The lowest BCUT2D eigenvalue weighted by Gasteiger charge is -2.24. The molecule has 0 unspecified atom stereocenters. The molecule has 2 aromatic carbocycles. The number of anilines is 2. The summed E-state index contributed by atoms with van der Waals surface area (Å²) >= 11 is 7.09. The predicted molar refractivity (Wildman–Crippen MR) is 90.5 cm³/mol. The molecule has 3 nitrogen and oxygen atoms in total. The van der Waals surface area contributed by atoms with E-state index in [0.717, 1.165) is 47.1 Å². The maximum atomic E-state index is 12.7. The van der Waals surface area contributed by atoms with Gasteiger partial charge in [-0.1, -0.05) is 35.9 Å². The Balaban J connectivity index is 2.14. The van der Waals surface area contributed by atoms with Gasteiger partial charge in [0.2, 0.25) is 5.91 Å². The topological polar surface area (TPSA) is 44.1 Å². The van der Waals surface area contributed by atoms with Crippen molar-refractivity contribution in [2.24, 2.45) is 0 Å². The molecule has 0 fully saturated rings. The number of thioether (sulfide) groups is 1. The number of nitriles is 1. The molecular formula is C17H13ClN2OS. The minimum Gasteiger partial charge on any atom is -0.280 e. The average molecular weight is 329 g/mol. The number of thiocyanates is 1. The van der Waals surface area contributed by atoms with Crippen LogP contribution in [0.5, 0.6) is 0 Å². The molecule has 110 valence electrons. The quantitative estimate of drug-likeness (QED) is 0.771. The van der Waals surface area contributed by atoms with Gasteiger partial charge in [0.1, 0.15) is 5.40 Å². The van der Waals surface area contributed by atoms with Gasteiger partial charge in [0.05, 0.1) is 17.1 Å². The standard InChI is InChI=1S/C17H13ClN2OS/c18-14-8-7-13-6-5-12-3-1-2-4-15(12)20(16(13)9-14)17(21)10-22-11-19/h1-4,7-9H,5-6,10H2. The predicted octanol–water partition coefficient (Wildman–Crippen LogP) is 4.32. The summed E-state index contributed by atoms with van der Waals surface area (Å²) in [5, 5.41) is 11.3. The molecule has 1 amide bonds. The average Bonchev–Trinajstić information content (AvgIpc) is 2.69. The van der Waals surface area contributed by atoms with Crippen molar-refractivity contribution in [3.63, 3.8) is 0 Å². The van der Waals surface area contributed by atoms with Crippen molar-refractivity contribution in [1.29, 1.82) is 5.26 Å². The van der Waals surface area contributed by atoms with Gasteiger partial charge < -0.3 is 0 Å². The Morgan fingerprint density at radius 3 is 2.68 bits per heavy atom. The Hall–Kier alpha value is -1.96. The van der Waals surface area contributed by atoms with E-state index in [-0.39, 0.29) is 11.7 Å². The van der Waals surface area contributed by atoms with Crippen LogP contribution in [0.3, 0.4) is 0 Å². The Labute approximate surface area is 138 Å². The number of hydrogen-bond donors (Lipinski definition) is 0. The molecule has 0 radical (unpaired) electrons. The zero-order valence-corrected chi connectivity index (χ0v) is 13.3. The molecule has 1 aliphatic rings. The van der Waals surface area contributed by atoms with E-state index in [1.807, 2.05) is 47.9 Å². The van der Waals surface area contributed by atoms with Crippen LogP contribution in [-0.4, -0.2) is 11.7 Å². The Morgan fingerprint density at radius 2 is 1.91 bits per heavy atom. The second kappa shape index (κ2) is 6.43. The smallest absolute Gasteiger partial charge is 0.242 e. The molecule has 0 atom stereocenters. The monoisotopic (exact) mass is 328 g/mol. The van der Waals surface area contributed by atoms with Crippen LogP contribution in [0.4, 0.5) is 11.4 Å². The highest BCUT2D eigenvalue weighted by atomic mass is 35.5. The molecule has 0 saturated heterocycles. The van der Waals surface area contributed by atoms with E-state index in [9.17, 15) is 4.79 Å². The van der Waals surface area contributed by atoms with Crippen molar-refractivity contribution in [2.75, 3.05) is 10.7 Å². The van der Waals surface area contributed by atoms with Gasteiger partial charge in [-0.2, -0.15) is 5.26 Å². The van der Waals surface area contributed by atoms with Crippen molar-refractivity contribution in [1.82, 2.24) is 0 Å². The SMILES string of the molecule is N#CSCC(=O)N1c2ccccc2CCc2ccc(Cl)cc21. The van der Waals surface area contributed by atoms with Crippen LogP contribution >= 0.6 is 23.4 Å². The Kier molecular flexibility index (Phi) is 4.37. The van der Waals surface area contributed by atoms with Gasteiger partial charge in [-0.3, -0.25) is 9.69 Å². The molecule has 2 aromatic rings. The fraction of sp³-hybridized carbons (Fsp3) is 0.176. The minimum atomic E-state index is -0.107. The first kappa shape index (κ1) is 15.0. The van der Waals surface area contributed by atoms with E-state index in [0.29, 0.717) is 5.02 Å². The second-order valence-corrected chi connectivity index (χ2v) is 6.21. The van der Waals surface area contributed by atoms with E-state index in [1.165, 1.54) is 0 Å². The summed E-state index contributed by atoms with van der Waals surface area (Å²) in [7, 11) is 0. The number of carbonyl (C=O) groups excluding carboxylic acids is 1. The molecular weight excluding hydrogens is 316 g/mol. The van der Waals surface area contributed by atoms with Crippen LogP contribution in [0.15, 0.2) is 42.5 Å². The third-order valence-electron chi connectivity index (χ3n) is 3.69. The van der Waals surface area contributed by atoms with Crippen molar-refractivity contribution < 1.29 is 4.79 Å². The lowest BCUT2D eigenvalue weighted by Crippen LogP contribution is -2.28. The molecule has 0 bridgehead atoms. The summed E-state index contributed by atoms with van der Waals surface area (Å²) in [4.78, 5) is 14.4. The maximum Gasteiger partial charge on any atom is 0.242 e. The maximum absolute atomic E-state index is 12.7. The van der Waals surface area contributed by atoms with Gasteiger partial charge in [-0.25, -0.2) is 0 Å². The van der Waals surface area contributed by atoms with Crippen molar-refractivity contribution in [3.05, 3.63) is 58.6 Å². The van der Waals surface area contributed by atoms with Crippen LogP contribution in [0.1, 0.15) is 11.1 Å². The van der Waals surface area contributed by atoms with Gasteiger partial charge in [-0.05, 0) is 53.9 Å². The highest BCUT2D eigenvalue weighted by Crippen LogP contribution is 2.37. The fourth-order valence-electron chi connectivity index (χ4n) is 2.72. The normalized spacial score (nSPS) is 12.8. The van der Waals surface area contributed by atoms with E-state index in [1.54, 1.807) is 4.90 Å². The zero-order valence-electron chi connectivity index (χ0n) is 11.8. The third kappa shape index (κ3) is 2.83. The number of hydrogen-bond acceptors (Lipinski definition) is 3. The van der Waals surface area contributed by atoms with Gasteiger partial charge >= 0.3 is 0 Å². The molecule has 0 spiro atoms. The highest BCUT2D eigenvalue weighted by Gasteiger charge is 2.25. The van der Waals surface area contributed by atoms with Gasteiger partial charge in [-0.15, -0.1) is 0 Å². The largest absolute Gasteiger partial charge is 0.280 e. The van der Waals surface area contributed by atoms with E-state index < -0.39 is 0 Å². The molecule has 1 aliphatic heterocycles. The Morgan fingerprint density at radius 1 is 1.18 bits per heavy atom. The van der Waals surface area contributed by atoms with E-state index in [4.69, 9.17) is 16.9 Å². The van der Waals surface area contributed by atoms with Crippen LogP contribution in [0.2, 0.25) is 5.02 Å². The molecule has 0 saturated carbocycles. The van der Waals surface area contributed by atoms with Gasteiger partial charge in [0.25, 0.3) is 0 Å². The summed E-state index contributed by atoms with van der Waals surface area (Å²) in [6.07, 6.45) is 1.73. The number of nitrogens with zero attached hydrogens (tertiary/aromatic N) is 2. The molecule has 3 rings (SSSR count). The number of para-hydroxylation sites is 1. The second-order valence-electron chi connectivity index (χ2n) is 5.01. The third-order valence-corrected chi connectivity index (χ3v) is 4.45. The van der Waals surface area contributed by atoms with Crippen LogP contribution in [0, 0.1) is 10.7 Å². The number of fused-ring (bicyclic) bond motifs is 2. The van der Waals surface area contributed by atoms with E-state index in [2.05, 4.69) is 0 Å². The van der Waals surface area contributed by atoms with Crippen LogP contribution in [-0.2, 0) is 17.6 Å². The van der Waals surface area contributed by atoms with Crippen LogP contribution in [0.25, 0.3) is 0 Å². The summed E-state index contributed by atoms with van der Waals surface area (Å²) in [5.74, 6) is 0.0148. The summed E-state index contributed by atoms with van der Waals surface area (Å²) in [6, 6.07) is 13.5. The minimum absolute atomic E-state index is 0.107. The Bertz CT molecular complexity index is 769. The lowest BCUT2D eigenvalue weighted by molar-refractivity contribution is -0.115. The van der Waals surface area contributed by atoms with Crippen LogP contribution < -0.4 is 4.90 Å². The first-order valence-corrected chi connectivity index (χ1v) is 8.27. The van der Waals surface area contributed by atoms with Gasteiger partial charge in [0, 0.05) is 5.02 Å². The van der Waals surface area contributed by atoms with Crippen molar-refractivity contribution in [3.8, 4) is 5.40 Å². The number of benzene rings is 2. The molecule has 0 aliphatic carbocycles. The first-order valence-electron chi connectivity index (χ1n) is 6.91. The number of aryl methyl sites for hydroxylation is 2. The fourth-order valence-corrected chi connectivity index (χ4v) is 3.21. The van der Waals surface area contributed by atoms with E-state index >= 15 is 0 Å². The highest BCUT2D eigenvalue weighted by molar-refractivity contribution is 8.04. The summed E-state index contributed by atoms with van der Waals surface area (Å²) < 4.78 is 0. The molecule has 5 heteroatoms. The molecule has 22 heavy (non-hydrogen) atoms. The lowest BCUT2D eigenvalue weighted by atomic mass is 10.0.